The van der Waals surface area contributed by atoms with Crippen LogP contribution in [0.5, 0.6) is 0 Å². The van der Waals surface area contributed by atoms with Crippen LogP contribution in [0, 0.1) is 0 Å². The first-order chi connectivity index (χ1) is 15.2. The number of hydrogen-bond acceptors (Lipinski definition) is 10. The second-order valence-corrected chi connectivity index (χ2v) is 7.17. The third-order valence-corrected chi connectivity index (χ3v) is 4.81. The van der Waals surface area contributed by atoms with Gasteiger partial charge in [-0.15, -0.1) is 5.10 Å². The van der Waals surface area contributed by atoms with Gasteiger partial charge >= 0.3 is 5.97 Å². The van der Waals surface area contributed by atoms with E-state index in [1.54, 1.807) is 24.3 Å². The number of nitrogens with two attached hydrogens (primary N) is 1. The van der Waals surface area contributed by atoms with Gasteiger partial charge in [-0.05, 0) is 18.2 Å². The molecule has 8 N–H and O–H groups in total. The number of carboxylic acid groups (broad SMARTS) is 1. The van der Waals surface area contributed by atoms with Crippen LogP contribution in [0.15, 0.2) is 42.3 Å². The molecular weight excluding hydrogens is 426 g/mol. The molecule has 0 saturated heterocycles. The molecular formula is C19H23N5O8. The zero-order valence-corrected chi connectivity index (χ0v) is 16.6. The van der Waals surface area contributed by atoms with E-state index in [9.17, 15) is 24.9 Å². The van der Waals surface area contributed by atoms with Gasteiger partial charge in [-0.3, -0.25) is 4.79 Å². The summed E-state index contributed by atoms with van der Waals surface area (Å²) in [6, 6.07) is 5.55. The number of ether oxygens (including phenoxy) is 1. The summed E-state index contributed by atoms with van der Waals surface area (Å²) >= 11 is 0. The largest absolute Gasteiger partial charge is 0.478 e. The predicted octanol–water partition coefficient (Wildman–Crippen LogP) is -2.55. The molecule has 4 unspecified atom stereocenters. The molecule has 3 rings (SSSR count). The van der Waals surface area contributed by atoms with Crippen molar-refractivity contribution in [1.29, 1.82) is 0 Å². The Morgan fingerprint density at radius 1 is 1.25 bits per heavy atom. The first kappa shape index (κ1) is 23.1. The number of carboxylic acids is 1. The minimum Gasteiger partial charge on any atom is -0.478 e. The van der Waals surface area contributed by atoms with Crippen molar-refractivity contribution in [1.82, 2.24) is 20.3 Å². The summed E-state index contributed by atoms with van der Waals surface area (Å²) in [5.74, 6) is -2.83. The van der Waals surface area contributed by atoms with Crippen LogP contribution in [0.4, 0.5) is 5.69 Å². The molecule has 0 bridgehead atoms. The lowest BCUT2D eigenvalue weighted by atomic mass is 9.94. The maximum absolute atomic E-state index is 12.5. The average Bonchev–Trinajstić information content (AvgIpc) is 3.22. The monoisotopic (exact) mass is 449 g/mol. The minimum atomic E-state index is -1.80. The molecule has 1 aliphatic rings. The Labute approximate surface area is 181 Å². The van der Waals surface area contributed by atoms with Gasteiger partial charge in [0, 0.05) is 11.3 Å². The average molecular weight is 449 g/mol. The molecule has 172 valence electrons. The smallest absolute Gasteiger partial charge is 0.370 e. The number of nitrogens with zero attached hydrogens (tertiary/aromatic N) is 3. The highest BCUT2D eigenvalue weighted by molar-refractivity contribution is 5.84. The summed E-state index contributed by atoms with van der Waals surface area (Å²) < 4.78 is 6.40. The lowest BCUT2D eigenvalue weighted by molar-refractivity contribution is -0.149. The highest BCUT2D eigenvalue weighted by atomic mass is 16.5. The molecule has 0 saturated carbocycles. The van der Waals surface area contributed by atoms with E-state index in [-0.39, 0.29) is 6.54 Å². The number of aromatic nitrogens is 3. The molecule has 2 heterocycles. The predicted molar refractivity (Wildman–Crippen MR) is 107 cm³/mol. The van der Waals surface area contributed by atoms with E-state index in [0.29, 0.717) is 11.4 Å². The van der Waals surface area contributed by atoms with Crippen molar-refractivity contribution >= 4 is 17.6 Å². The van der Waals surface area contributed by atoms with Crippen molar-refractivity contribution in [2.75, 3.05) is 12.3 Å². The normalized spacial score (nSPS) is 22.4. The summed E-state index contributed by atoms with van der Waals surface area (Å²) in [5, 5.41) is 58.8. The second kappa shape index (κ2) is 9.74. The lowest BCUT2D eigenvalue weighted by Crippen LogP contribution is -2.60. The van der Waals surface area contributed by atoms with Crippen LogP contribution >= 0.6 is 0 Å². The van der Waals surface area contributed by atoms with Gasteiger partial charge < -0.3 is 41.3 Å². The fourth-order valence-electron chi connectivity index (χ4n) is 3.15. The van der Waals surface area contributed by atoms with Crippen LogP contribution in [0.25, 0.3) is 11.3 Å². The number of aliphatic hydroxyl groups excluding tert-OH is 4. The summed E-state index contributed by atoms with van der Waals surface area (Å²) in [7, 11) is 0. The SMILES string of the molecule is Nc1ccc(-c2cn(CC(=O)NC3C(C(O)C(O)CO)OC(C(=O)O)=C[C@H]3O)nn2)cc1. The van der Waals surface area contributed by atoms with E-state index in [0.717, 1.165) is 11.6 Å². The van der Waals surface area contributed by atoms with E-state index >= 15 is 0 Å². The van der Waals surface area contributed by atoms with Crippen molar-refractivity contribution in [2.24, 2.45) is 0 Å². The van der Waals surface area contributed by atoms with Gasteiger partial charge in [0.05, 0.1) is 18.8 Å². The molecule has 13 heteroatoms. The Balaban J connectivity index is 1.73. The van der Waals surface area contributed by atoms with E-state index in [2.05, 4.69) is 15.6 Å². The number of nitrogen functional groups attached to an aromatic ring is 1. The van der Waals surface area contributed by atoms with Crippen LogP contribution in [-0.4, -0.2) is 89.5 Å². The van der Waals surface area contributed by atoms with E-state index < -0.39 is 54.7 Å². The molecule has 0 fully saturated rings. The minimum absolute atomic E-state index is 0.313. The maximum Gasteiger partial charge on any atom is 0.370 e. The Morgan fingerprint density at radius 2 is 1.94 bits per heavy atom. The number of rotatable bonds is 8. The van der Waals surface area contributed by atoms with Gasteiger partial charge in [0.2, 0.25) is 11.7 Å². The summed E-state index contributed by atoms with van der Waals surface area (Å²) in [6.07, 6.45) is -4.22. The second-order valence-electron chi connectivity index (χ2n) is 7.17. The van der Waals surface area contributed by atoms with Crippen molar-refractivity contribution < 1.29 is 39.9 Å². The molecule has 1 aliphatic heterocycles. The van der Waals surface area contributed by atoms with Gasteiger partial charge in [0.15, 0.2) is 6.10 Å². The van der Waals surface area contributed by atoms with Gasteiger partial charge in [-0.25, -0.2) is 9.48 Å². The highest BCUT2D eigenvalue weighted by Crippen LogP contribution is 2.23. The highest BCUT2D eigenvalue weighted by Gasteiger charge is 2.43. The number of anilines is 1. The Morgan fingerprint density at radius 3 is 2.56 bits per heavy atom. The molecule has 2 aromatic rings. The van der Waals surface area contributed by atoms with Gasteiger partial charge in [-0.1, -0.05) is 17.3 Å². The van der Waals surface area contributed by atoms with Crippen LogP contribution in [0.3, 0.4) is 0 Å². The first-order valence-electron chi connectivity index (χ1n) is 9.52. The molecule has 32 heavy (non-hydrogen) atoms. The number of aliphatic carboxylic acids is 1. The zero-order chi connectivity index (χ0) is 23.4. The quantitative estimate of drug-likeness (QED) is 0.208. The molecule has 5 atom stereocenters. The summed E-state index contributed by atoms with van der Waals surface area (Å²) in [6.45, 7) is -1.16. The number of benzene rings is 1. The number of amides is 1. The topological polar surface area (TPSA) is 213 Å². The molecule has 0 radical (unpaired) electrons. The Kier molecular flexibility index (Phi) is 7.05. The van der Waals surface area contributed by atoms with Gasteiger partial charge in [-0.2, -0.15) is 0 Å². The third kappa shape index (κ3) is 5.20. The first-order valence-corrected chi connectivity index (χ1v) is 9.52. The fourth-order valence-corrected chi connectivity index (χ4v) is 3.15. The van der Waals surface area contributed by atoms with Crippen molar-refractivity contribution in [3.8, 4) is 11.3 Å². The zero-order valence-electron chi connectivity index (χ0n) is 16.6. The molecule has 0 spiro atoms. The van der Waals surface area contributed by atoms with Crippen molar-refractivity contribution in [2.45, 2.75) is 37.0 Å². The molecule has 13 nitrogen and oxygen atoms in total. The van der Waals surface area contributed by atoms with Gasteiger partial charge in [0.25, 0.3) is 0 Å². The van der Waals surface area contributed by atoms with E-state index in [1.165, 1.54) is 10.9 Å². The number of aliphatic hydroxyl groups is 4. The van der Waals surface area contributed by atoms with Crippen molar-refractivity contribution in [3.05, 3.63) is 42.3 Å². The molecule has 1 amide bonds. The third-order valence-electron chi connectivity index (χ3n) is 4.81. The number of carbonyl (C=O) groups excluding carboxylic acids is 1. The molecule has 1 aromatic heterocycles. The Hall–Kier alpha value is -3.52. The number of nitrogens with one attached hydrogen (secondary N) is 1. The summed E-state index contributed by atoms with van der Waals surface area (Å²) in [5.41, 5.74) is 7.46. The molecule has 1 aromatic carbocycles. The summed E-state index contributed by atoms with van der Waals surface area (Å²) in [4.78, 5) is 23.7. The lowest BCUT2D eigenvalue weighted by Gasteiger charge is -2.38. The van der Waals surface area contributed by atoms with Crippen LogP contribution in [-0.2, 0) is 20.9 Å². The number of carbonyl (C=O) groups is 2. The van der Waals surface area contributed by atoms with Crippen LogP contribution < -0.4 is 11.1 Å². The maximum atomic E-state index is 12.5. The standard InChI is InChI=1S/C19H23N5O8/c20-10-3-1-9(2-4-10)11-6-24(23-22-11)7-15(28)21-16-12(26)5-14(19(30)31)32-18(16)17(29)13(27)8-25/h1-6,12-13,16-18,25-27,29H,7-8,20H2,(H,21,28)(H,30,31)/t12-,13?,16?,17?,18?/m1/s1. The molecule has 0 aliphatic carbocycles. The number of hydrogen-bond donors (Lipinski definition) is 7. The van der Waals surface area contributed by atoms with Crippen LogP contribution in [0.2, 0.25) is 0 Å². The van der Waals surface area contributed by atoms with Crippen molar-refractivity contribution in [3.63, 3.8) is 0 Å². The van der Waals surface area contributed by atoms with E-state index in [4.69, 9.17) is 20.7 Å². The van der Waals surface area contributed by atoms with Crippen LogP contribution in [0.1, 0.15) is 0 Å². The van der Waals surface area contributed by atoms with Gasteiger partial charge in [0.1, 0.15) is 30.6 Å². The Bertz CT molecular complexity index is 992. The fraction of sp³-hybridized carbons (Fsp3) is 0.368. The van der Waals surface area contributed by atoms with E-state index in [1.807, 2.05) is 0 Å².